The summed E-state index contributed by atoms with van der Waals surface area (Å²) in [4.78, 5) is 7.47. The van der Waals surface area contributed by atoms with Crippen molar-refractivity contribution in [1.82, 2.24) is 14.5 Å². The lowest BCUT2D eigenvalue weighted by molar-refractivity contribution is 0.629. The minimum atomic E-state index is -0.258. The topological polar surface area (TPSA) is 33.6 Å². The van der Waals surface area contributed by atoms with Crippen molar-refractivity contribution in [3.05, 3.63) is 44.9 Å². The van der Waals surface area contributed by atoms with Crippen molar-refractivity contribution >= 4 is 34.6 Å². The molecule has 0 aliphatic carbocycles. The van der Waals surface area contributed by atoms with E-state index in [4.69, 9.17) is 12.2 Å². The summed E-state index contributed by atoms with van der Waals surface area (Å²) in [7, 11) is 0. The minimum Gasteiger partial charge on any atom is -0.330 e. The van der Waals surface area contributed by atoms with Crippen LogP contribution in [0.3, 0.4) is 0 Å². The number of aryl methyl sites for hydroxylation is 3. The zero-order valence-corrected chi connectivity index (χ0v) is 11.9. The van der Waals surface area contributed by atoms with Crippen LogP contribution >= 0.6 is 23.6 Å². The highest BCUT2D eigenvalue weighted by atomic mass is 32.1. The third-order valence-electron chi connectivity index (χ3n) is 2.95. The van der Waals surface area contributed by atoms with Gasteiger partial charge in [-0.1, -0.05) is 0 Å². The number of halogens is 1. The summed E-state index contributed by atoms with van der Waals surface area (Å²) in [6, 6.07) is 4.67. The Kier molecular flexibility index (Phi) is 3.20. The van der Waals surface area contributed by atoms with Gasteiger partial charge in [0.15, 0.2) is 4.77 Å². The molecule has 19 heavy (non-hydrogen) atoms. The molecule has 0 aliphatic heterocycles. The van der Waals surface area contributed by atoms with E-state index in [0.717, 1.165) is 34.7 Å². The van der Waals surface area contributed by atoms with Gasteiger partial charge in [-0.3, -0.25) is 0 Å². The van der Waals surface area contributed by atoms with Crippen LogP contribution in [0.5, 0.6) is 0 Å². The molecule has 0 unspecified atom stereocenters. The molecule has 0 aliphatic rings. The number of aromatic nitrogens is 3. The smallest absolute Gasteiger partial charge is 0.178 e. The van der Waals surface area contributed by atoms with Crippen molar-refractivity contribution in [2.45, 2.75) is 19.9 Å². The zero-order valence-electron chi connectivity index (χ0n) is 10.3. The number of aromatic amines is 1. The molecule has 0 spiro atoms. The molecule has 0 bridgehead atoms. The number of fused-ring (bicyclic) bond motifs is 1. The van der Waals surface area contributed by atoms with Gasteiger partial charge in [-0.15, -0.1) is 11.3 Å². The van der Waals surface area contributed by atoms with Crippen molar-refractivity contribution in [2.75, 3.05) is 0 Å². The molecular formula is C13H12FN3S2. The molecular weight excluding hydrogens is 281 g/mol. The zero-order chi connectivity index (χ0) is 13.4. The number of imidazole rings is 1. The first-order valence-electron chi connectivity index (χ1n) is 5.92. The van der Waals surface area contributed by atoms with Gasteiger partial charge in [0.1, 0.15) is 5.82 Å². The molecule has 0 amide bonds. The molecule has 3 nitrogen and oxygen atoms in total. The van der Waals surface area contributed by atoms with E-state index in [-0.39, 0.29) is 5.82 Å². The quantitative estimate of drug-likeness (QED) is 0.744. The van der Waals surface area contributed by atoms with Crippen LogP contribution in [0.1, 0.15) is 10.7 Å². The Balaban J connectivity index is 1.92. The normalized spacial score (nSPS) is 11.3. The molecule has 2 aromatic heterocycles. The van der Waals surface area contributed by atoms with E-state index in [1.807, 2.05) is 16.9 Å². The molecule has 0 atom stereocenters. The molecule has 6 heteroatoms. The number of thiazole rings is 1. The van der Waals surface area contributed by atoms with Gasteiger partial charge in [0.25, 0.3) is 0 Å². The Labute approximate surface area is 118 Å². The highest BCUT2D eigenvalue weighted by molar-refractivity contribution is 7.71. The largest absolute Gasteiger partial charge is 0.330 e. The summed E-state index contributed by atoms with van der Waals surface area (Å²) in [5.41, 5.74) is 2.71. The lowest BCUT2D eigenvalue weighted by Gasteiger charge is -2.02. The number of benzene rings is 1. The summed E-state index contributed by atoms with van der Waals surface area (Å²) < 4.78 is 15.8. The van der Waals surface area contributed by atoms with Gasteiger partial charge < -0.3 is 9.55 Å². The van der Waals surface area contributed by atoms with E-state index >= 15 is 0 Å². The highest BCUT2D eigenvalue weighted by Crippen LogP contribution is 2.17. The number of nitrogens with zero attached hydrogens (tertiary/aromatic N) is 2. The van der Waals surface area contributed by atoms with Gasteiger partial charge >= 0.3 is 0 Å². The molecule has 0 fully saturated rings. The average molecular weight is 293 g/mol. The number of H-pyrrole nitrogens is 1. The van der Waals surface area contributed by atoms with Crippen molar-refractivity contribution in [1.29, 1.82) is 0 Å². The predicted molar refractivity (Wildman–Crippen MR) is 77.6 cm³/mol. The minimum absolute atomic E-state index is 0.258. The van der Waals surface area contributed by atoms with Gasteiger partial charge in [0.2, 0.25) is 0 Å². The second-order valence-electron chi connectivity index (χ2n) is 4.38. The Morgan fingerprint density at radius 1 is 1.47 bits per heavy atom. The van der Waals surface area contributed by atoms with E-state index in [1.165, 1.54) is 12.1 Å². The highest BCUT2D eigenvalue weighted by Gasteiger charge is 2.06. The number of hydrogen-bond donors (Lipinski definition) is 1. The SMILES string of the molecule is Cc1csc(CCn2c(=S)[nH]c3cc(F)ccc32)n1. The Bertz CT molecular complexity index is 785. The van der Waals surface area contributed by atoms with E-state index < -0.39 is 0 Å². The van der Waals surface area contributed by atoms with E-state index in [0.29, 0.717) is 4.77 Å². The molecule has 0 saturated heterocycles. The van der Waals surface area contributed by atoms with Crippen molar-refractivity contribution < 1.29 is 4.39 Å². The van der Waals surface area contributed by atoms with E-state index in [1.54, 1.807) is 17.4 Å². The van der Waals surface area contributed by atoms with E-state index in [9.17, 15) is 4.39 Å². The number of nitrogens with one attached hydrogen (secondary N) is 1. The van der Waals surface area contributed by atoms with Crippen LogP contribution in [0.4, 0.5) is 4.39 Å². The first-order valence-corrected chi connectivity index (χ1v) is 7.21. The van der Waals surface area contributed by atoms with Gasteiger partial charge in [0.05, 0.1) is 16.0 Å². The van der Waals surface area contributed by atoms with Crippen LogP contribution in [-0.4, -0.2) is 14.5 Å². The molecule has 1 aromatic carbocycles. The average Bonchev–Trinajstić information content (AvgIpc) is 2.89. The third-order valence-corrected chi connectivity index (χ3v) is 4.30. The summed E-state index contributed by atoms with van der Waals surface area (Å²) in [5, 5.41) is 3.13. The molecule has 98 valence electrons. The summed E-state index contributed by atoms with van der Waals surface area (Å²) >= 11 is 6.94. The predicted octanol–water partition coefficient (Wildman–Crippen LogP) is 3.85. The van der Waals surface area contributed by atoms with Crippen molar-refractivity contribution in [2.24, 2.45) is 0 Å². The van der Waals surface area contributed by atoms with Crippen molar-refractivity contribution in [3.8, 4) is 0 Å². The number of rotatable bonds is 3. The van der Waals surface area contributed by atoms with Gasteiger partial charge in [0, 0.05) is 24.0 Å². The van der Waals surface area contributed by atoms with Crippen molar-refractivity contribution in [3.63, 3.8) is 0 Å². The fraction of sp³-hybridized carbons (Fsp3) is 0.231. The number of hydrogen-bond acceptors (Lipinski definition) is 3. The first kappa shape index (κ1) is 12.5. The van der Waals surface area contributed by atoms with Gasteiger partial charge in [-0.2, -0.15) is 0 Å². The fourth-order valence-corrected chi connectivity index (χ4v) is 3.15. The monoisotopic (exact) mass is 293 g/mol. The third kappa shape index (κ3) is 2.46. The maximum absolute atomic E-state index is 13.2. The standard InChI is InChI=1S/C13H12FN3S2/c1-8-7-19-12(15-8)4-5-17-11-3-2-9(14)6-10(11)16-13(17)18/h2-3,6-7H,4-5H2,1H3,(H,16,18). The Hall–Kier alpha value is -1.53. The molecule has 1 N–H and O–H groups in total. The second-order valence-corrected chi connectivity index (χ2v) is 5.71. The Morgan fingerprint density at radius 2 is 2.32 bits per heavy atom. The van der Waals surface area contributed by atoms with Crippen LogP contribution in [0.15, 0.2) is 23.6 Å². The maximum atomic E-state index is 13.2. The first-order chi connectivity index (χ1) is 9.13. The second kappa shape index (κ2) is 4.86. The van der Waals surface area contributed by atoms with Crippen LogP contribution in [-0.2, 0) is 13.0 Å². The fourth-order valence-electron chi connectivity index (χ4n) is 2.08. The van der Waals surface area contributed by atoms with E-state index in [2.05, 4.69) is 9.97 Å². The van der Waals surface area contributed by atoms with Gasteiger partial charge in [-0.25, -0.2) is 9.37 Å². The summed E-state index contributed by atoms with van der Waals surface area (Å²) in [6.45, 7) is 2.73. The summed E-state index contributed by atoms with van der Waals surface area (Å²) in [5.74, 6) is -0.258. The van der Waals surface area contributed by atoms with Crippen LogP contribution in [0.25, 0.3) is 11.0 Å². The molecule has 2 heterocycles. The van der Waals surface area contributed by atoms with Crippen LogP contribution in [0.2, 0.25) is 0 Å². The lowest BCUT2D eigenvalue weighted by atomic mass is 10.3. The molecule has 3 rings (SSSR count). The molecule has 0 radical (unpaired) electrons. The van der Waals surface area contributed by atoms with Gasteiger partial charge in [-0.05, 0) is 37.3 Å². The molecule has 3 aromatic rings. The maximum Gasteiger partial charge on any atom is 0.178 e. The lowest BCUT2D eigenvalue weighted by Crippen LogP contribution is -2.01. The molecule has 0 saturated carbocycles. The van der Waals surface area contributed by atoms with Crippen LogP contribution in [0, 0.1) is 17.5 Å². The summed E-state index contributed by atoms with van der Waals surface area (Å²) in [6.07, 6.45) is 0.830. The van der Waals surface area contributed by atoms with Crippen LogP contribution < -0.4 is 0 Å². The Morgan fingerprint density at radius 3 is 3.05 bits per heavy atom.